The van der Waals surface area contributed by atoms with Crippen molar-refractivity contribution in [3.8, 4) is 0 Å². The van der Waals surface area contributed by atoms with Gasteiger partial charge in [0.15, 0.2) is 0 Å². The predicted octanol–water partition coefficient (Wildman–Crippen LogP) is 1.97. The fraction of sp³-hybridized carbons (Fsp3) is 0. The molecule has 0 aliphatic rings. The minimum Gasteiger partial charge on any atom is -0.373 e. The second-order valence-corrected chi connectivity index (χ2v) is 6.65. The molecule has 0 saturated carbocycles. The van der Waals surface area contributed by atoms with E-state index in [0.29, 0.717) is 7.14 Å². The van der Waals surface area contributed by atoms with Gasteiger partial charge in [0.05, 0.1) is 11.1 Å². The summed E-state index contributed by atoms with van der Waals surface area (Å²) in [6.45, 7) is 0. The molecule has 1 aromatic rings. The first-order valence-electron chi connectivity index (χ1n) is 4.85. The van der Waals surface area contributed by atoms with Crippen LogP contribution >= 0.6 is 67.8 Å². The standard InChI is InChI=1S/C10H5I3N2O6/c11-3-1-2(7(16)20-9(14)18)5(12)4(6(3)13)8(17)21-10(15)19/h1H,(H2,14,18)(H2,15,19). The van der Waals surface area contributed by atoms with Gasteiger partial charge in [-0.05, 0) is 73.8 Å². The molecule has 0 atom stereocenters. The van der Waals surface area contributed by atoms with Crippen LogP contribution in [0.1, 0.15) is 20.7 Å². The fourth-order valence-electron chi connectivity index (χ4n) is 1.22. The number of primary amides is 2. The smallest absolute Gasteiger partial charge is 0.373 e. The summed E-state index contributed by atoms with van der Waals surface area (Å²) in [5.74, 6) is -2.03. The van der Waals surface area contributed by atoms with E-state index in [9.17, 15) is 19.2 Å². The van der Waals surface area contributed by atoms with E-state index in [2.05, 4.69) is 9.47 Å². The minimum absolute atomic E-state index is 0.0293. The highest BCUT2D eigenvalue weighted by Crippen LogP contribution is 2.29. The SMILES string of the molecule is NC(=O)OC(=O)c1cc(I)c(I)c(C(=O)OC(N)=O)c1I. The number of esters is 2. The lowest BCUT2D eigenvalue weighted by Gasteiger charge is -2.11. The summed E-state index contributed by atoms with van der Waals surface area (Å²) in [5.41, 5.74) is 9.47. The molecule has 0 bridgehead atoms. The normalized spacial score (nSPS) is 9.86. The van der Waals surface area contributed by atoms with Gasteiger partial charge in [-0.25, -0.2) is 19.2 Å². The Kier molecular flexibility index (Phi) is 6.57. The molecular weight excluding hydrogens is 625 g/mol. The quantitative estimate of drug-likeness (QED) is 0.222. The van der Waals surface area contributed by atoms with Crippen LogP contribution < -0.4 is 11.5 Å². The zero-order chi connectivity index (χ0) is 16.3. The van der Waals surface area contributed by atoms with Gasteiger partial charge in [0.25, 0.3) is 0 Å². The summed E-state index contributed by atoms with van der Waals surface area (Å²) in [7, 11) is 0. The summed E-state index contributed by atoms with van der Waals surface area (Å²) < 4.78 is 9.71. The van der Waals surface area contributed by atoms with Crippen LogP contribution in [0.25, 0.3) is 0 Å². The second kappa shape index (κ2) is 7.52. The van der Waals surface area contributed by atoms with Gasteiger partial charge in [0.1, 0.15) is 0 Å². The van der Waals surface area contributed by atoms with Crippen molar-refractivity contribution in [3.63, 3.8) is 0 Å². The summed E-state index contributed by atoms with van der Waals surface area (Å²) in [6, 6.07) is 1.41. The predicted molar refractivity (Wildman–Crippen MR) is 94.6 cm³/mol. The highest BCUT2D eigenvalue weighted by molar-refractivity contribution is 14.1. The van der Waals surface area contributed by atoms with Crippen LogP contribution in [0.4, 0.5) is 9.59 Å². The molecule has 4 N–H and O–H groups in total. The van der Waals surface area contributed by atoms with E-state index < -0.39 is 24.1 Å². The van der Waals surface area contributed by atoms with E-state index in [1.165, 1.54) is 6.07 Å². The van der Waals surface area contributed by atoms with Crippen LogP contribution in [-0.2, 0) is 9.47 Å². The number of nitrogens with two attached hydrogens (primary N) is 2. The fourth-order valence-corrected chi connectivity index (χ4v) is 3.83. The van der Waals surface area contributed by atoms with Gasteiger partial charge >= 0.3 is 24.1 Å². The van der Waals surface area contributed by atoms with E-state index in [0.717, 1.165) is 0 Å². The largest absolute Gasteiger partial charge is 0.412 e. The van der Waals surface area contributed by atoms with E-state index in [1.54, 1.807) is 22.6 Å². The van der Waals surface area contributed by atoms with Crippen molar-refractivity contribution in [2.45, 2.75) is 0 Å². The third-order valence-corrected chi connectivity index (χ3v) is 6.09. The van der Waals surface area contributed by atoms with Gasteiger partial charge in [-0.2, -0.15) is 0 Å². The molecule has 0 spiro atoms. The highest BCUT2D eigenvalue weighted by atomic mass is 127. The number of carbonyl (C=O) groups is 4. The Labute approximate surface area is 158 Å². The number of halogens is 3. The van der Waals surface area contributed by atoms with Gasteiger partial charge in [-0.3, -0.25) is 0 Å². The Morgan fingerprint density at radius 1 is 0.857 bits per heavy atom. The van der Waals surface area contributed by atoms with Crippen LogP contribution in [0.2, 0.25) is 0 Å². The van der Waals surface area contributed by atoms with Crippen molar-refractivity contribution in [2.75, 3.05) is 0 Å². The van der Waals surface area contributed by atoms with Crippen LogP contribution in [0.3, 0.4) is 0 Å². The Balaban J connectivity index is 3.41. The molecule has 0 heterocycles. The topological polar surface area (TPSA) is 139 Å². The molecule has 112 valence electrons. The van der Waals surface area contributed by atoms with E-state index >= 15 is 0 Å². The minimum atomic E-state index is -1.27. The Morgan fingerprint density at radius 3 is 1.81 bits per heavy atom. The first-order valence-corrected chi connectivity index (χ1v) is 8.09. The molecule has 0 aromatic heterocycles. The molecule has 0 saturated heterocycles. The molecule has 2 amide bonds. The number of rotatable bonds is 2. The van der Waals surface area contributed by atoms with Crippen molar-refractivity contribution in [1.82, 2.24) is 0 Å². The summed E-state index contributed by atoms with van der Waals surface area (Å²) in [5, 5.41) is 0. The molecule has 0 aliphatic heterocycles. The first kappa shape index (κ1) is 18.3. The summed E-state index contributed by atoms with van der Waals surface area (Å²) >= 11 is 5.41. The molecule has 0 radical (unpaired) electrons. The van der Waals surface area contributed by atoms with Crippen molar-refractivity contribution < 1.29 is 28.7 Å². The highest BCUT2D eigenvalue weighted by Gasteiger charge is 2.26. The number of amides is 2. The molecular formula is C10H5I3N2O6. The summed E-state index contributed by atoms with van der Waals surface area (Å²) in [4.78, 5) is 44.9. The molecule has 21 heavy (non-hydrogen) atoms. The molecule has 11 heteroatoms. The zero-order valence-corrected chi connectivity index (χ0v) is 16.3. The van der Waals surface area contributed by atoms with Gasteiger partial charge in [0.2, 0.25) is 0 Å². The Morgan fingerprint density at radius 2 is 1.33 bits per heavy atom. The third-order valence-electron chi connectivity index (χ3n) is 1.97. The molecule has 0 aliphatic carbocycles. The van der Waals surface area contributed by atoms with E-state index in [-0.39, 0.29) is 14.7 Å². The van der Waals surface area contributed by atoms with Crippen LogP contribution in [0.15, 0.2) is 6.07 Å². The van der Waals surface area contributed by atoms with Crippen molar-refractivity contribution >= 4 is 91.9 Å². The van der Waals surface area contributed by atoms with Gasteiger partial charge in [-0.15, -0.1) is 0 Å². The lowest BCUT2D eigenvalue weighted by Crippen LogP contribution is -2.23. The maximum atomic E-state index is 11.9. The van der Waals surface area contributed by atoms with Crippen molar-refractivity contribution in [2.24, 2.45) is 11.5 Å². The van der Waals surface area contributed by atoms with Gasteiger partial charge in [-0.1, -0.05) is 0 Å². The average molecular weight is 630 g/mol. The maximum Gasteiger partial charge on any atom is 0.412 e. The maximum absolute atomic E-state index is 11.9. The lowest BCUT2D eigenvalue weighted by molar-refractivity contribution is 0.0633. The van der Waals surface area contributed by atoms with Crippen LogP contribution in [0, 0.1) is 10.7 Å². The second-order valence-electron chi connectivity index (χ2n) is 3.33. The monoisotopic (exact) mass is 630 g/mol. The van der Waals surface area contributed by atoms with Gasteiger partial charge in [0, 0.05) is 10.7 Å². The van der Waals surface area contributed by atoms with E-state index in [4.69, 9.17) is 11.5 Å². The Hall–Kier alpha value is -0.710. The molecule has 0 fully saturated rings. The summed E-state index contributed by atoms with van der Waals surface area (Å²) in [6.07, 6.45) is -2.54. The third kappa shape index (κ3) is 4.63. The van der Waals surface area contributed by atoms with E-state index in [1.807, 2.05) is 45.2 Å². The molecule has 0 unspecified atom stereocenters. The Bertz CT molecular complexity index is 661. The number of hydrogen-bond acceptors (Lipinski definition) is 6. The molecule has 8 nitrogen and oxygen atoms in total. The van der Waals surface area contributed by atoms with Crippen molar-refractivity contribution in [3.05, 3.63) is 27.9 Å². The zero-order valence-electron chi connectivity index (χ0n) is 9.82. The number of benzene rings is 1. The van der Waals surface area contributed by atoms with Crippen LogP contribution in [-0.4, -0.2) is 24.1 Å². The first-order chi connectivity index (χ1) is 9.65. The number of ether oxygens (including phenoxy) is 2. The lowest BCUT2D eigenvalue weighted by atomic mass is 10.1. The number of carbonyl (C=O) groups excluding carboxylic acids is 4. The van der Waals surface area contributed by atoms with Gasteiger partial charge < -0.3 is 20.9 Å². The molecule has 1 aromatic carbocycles. The number of hydrogen-bond donors (Lipinski definition) is 2. The van der Waals surface area contributed by atoms with Crippen molar-refractivity contribution in [1.29, 1.82) is 0 Å². The van der Waals surface area contributed by atoms with Crippen LogP contribution in [0.5, 0.6) is 0 Å². The molecule has 1 rings (SSSR count). The average Bonchev–Trinajstić information content (AvgIpc) is 2.32.